The summed E-state index contributed by atoms with van der Waals surface area (Å²) in [4.78, 5) is 12.8. The lowest BCUT2D eigenvalue weighted by atomic mass is 10.2. The van der Waals surface area contributed by atoms with Crippen molar-refractivity contribution in [1.29, 1.82) is 5.26 Å². The number of thiazole rings is 1. The van der Waals surface area contributed by atoms with Crippen molar-refractivity contribution in [3.8, 4) is 6.19 Å². The minimum atomic E-state index is -1.61. The van der Waals surface area contributed by atoms with Gasteiger partial charge in [-0.25, -0.2) is 27.8 Å². The van der Waals surface area contributed by atoms with Crippen molar-refractivity contribution >= 4 is 33.1 Å². The van der Waals surface area contributed by atoms with Gasteiger partial charge in [-0.05, 0) is 49.2 Å². The Morgan fingerprint density at radius 3 is 2.50 bits per heavy atom. The number of halogens is 4. The zero-order chi connectivity index (χ0) is 23.0. The molecule has 2 aromatic carbocycles. The number of hydrogen-bond donors (Lipinski definition) is 1. The average molecular weight is 459 g/mol. The van der Waals surface area contributed by atoms with E-state index in [9.17, 15) is 17.6 Å². The lowest BCUT2D eigenvalue weighted by Crippen LogP contribution is -2.29. The van der Waals surface area contributed by atoms with E-state index < -0.39 is 29.2 Å². The van der Waals surface area contributed by atoms with E-state index in [0.717, 1.165) is 37.6 Å². The molecule has 0 fully saturated rings. The Morgan fingerprint density at radius 2 is 1.81 bits per heavy atom. The summed E-state index contributed by atoms with van der Waals surface area (Å²) in [5, 5.41) is 15.5. The third-order valence-electron chi connectivity index (χ3n) is 4.43. The molecule has 0 bridgehead atoms. The number of nitriles is 1. The molecule has 0 saturated heterocycles. The van der Waals surface area contributed by atoms with Crippen LogP contribution in [0.3, 0.4) is 0 Å². The second kappa shape index (κ2) is 8.35. The number of hydrogen-bond acceptors (Lipinski definition) is 7. The Kier molecular flexibility index (Phi) is 5.58. The molecule has 2 aromatic heterocycles. The third kappa shape index (κ3) is 4.15. The molecule has 0 atom stereocenters. The molecule has 0 radical (unpaired) electrons. The summed E-state index contributed by atoms with van der Waals surface area (Å²) < 4.78 is 56.7. The van der Waals surface area contributed by atoms with Crippen LogP contribution < -0.4 is 10.9 Å². The molecule has 1 N–H and O–H groups in total. The Labute approximate surface area is 182 Å². The molecule has 0 spiro atoms. The first kappa shape index (κ1) is 21.4. The SMILES string of the molecule is Cc1nc2cc(C)c(N=c3nc(NC#N)c(F)nn3Cc3cc(F)c(F)c(F)c3)cc2s1. The highest BCUT2D eigenvalue weighted by atomic mass is 32.1. The van der Waals surface area contributed by atoms with Gasteiger partial charge in [0, 0.05) is 0 Å². The van der Waals surface area contributed by atoms with Gasteiger partial charge in [-0.1, -0.05) is 0 Å². The molecule has 0 aliphatic heterocycles. The smallest absolute Gasteiger partial charge is 0.273 e. The van der Waals surface area contributed by atoms with Crippen LogP contribution in [0, 0.1) is 48.7 Å². The molecular formula is C20H13F4N7S. The van der Waals surface area contributed by atoms with Crippen LogP contribution in [0.5, 0.6) is 0 Å². The highest BCUT2D eigenvalue weighted by Crippen LogP contribution is 2.29. The van der Waals surface area contributed by atoms with E-state index in [1.165, 1.54) is 11.3 Å². The van der Waals surface area contributed by atoms with Crippen LogP contribution in [0.1, 0.15) is 16.1 Å². The molecule has 4 aromatic rings. The largest absolute Gasteiger partial charge is 0.274 e. The highest BCUT2D eigenvalue weighted by Gasteiger charge is 2.14. The third-order valence-corrected chi connectivity index (χ3v) is 5.36. The fourth-order valence-corrected chi connectivity index (χ4v) is 3.85. The summed E-state index contributed by atoms with van der Waals surface area (Å²) >= 11 is 1.46. The maximum atomic E-state index is 14.3. The second-order valence-corrected chi connectivity index (χ2v) is 8.00. The number of benzene rings is 2. The van der Waals surface area contributed by atoms with Gasteiger partial charge >= 0.3 is 0 Å². The van der Waals surface area contributed by atoms with E-state index in [4.69, 9.17) is 5.26 Å². The zero-order valence-corrected chi connectivity index (χ0v) is 17.4. The van der Waals surface area contributed by atoms with E-state index in [0.29, 0.717) is 5.69 Å². The van der Waals surface area contributed by atoms with E-state index >= 15 is 0 Å². The van der Waals surface area contributed by atoms with Gasteiger partial charge < -0.3 is 0 Å². The van der Waals surface area contributed by atoms with Crippen LogP contribution in [0.4, 0.5) is 29.1 Å². The Hall–Kier alpha value is -3.85. The van der Waals surface area contributed by atoms with E-state index in [2.05, 4.69) is 25.4 Å². The summed E-state index contributed by atoms with van der Waals surface area (Å²) in [5.41, 5.74) is 1.86. The Bertz CT molecular complexity index is 1450. The quantitative estimate of drug-likeness (QED) is 0.213. The van der Waals surface area contributed by atoms with Gasteiger partial charge in [0.2, 0.25) is 11.4 Å². The van der Waals surface area contributed by atoms with Gasteiger partial charge in [0.15, 0.2) is 23.6 Å². The van der Waals surface area contributed by atoms with Crippen molar-refractivity contribution in [2.45, 2.75) is 20.4 Å². The van der Waals surface area contributed by atoms with Crippen molar-refractivity contribution in [1.82, 2.24) is 19.7 Å². The summed E-state index contributed by atoms with van der Waals surface area (Å²) in [6.45, 7) is 3.31. The van der Waals surface area contributed by atoms with Crippen LogP contribution >= 0.6 is 11.3 Å². The molecule has 162 valence electrons. The normalized spacial score (nSPS) is 11.7. The second-order valence-electron chi connectivity index (χ2n) is 6.77. The average Bonchev–Trinajstić information content (AvgIpc) is 3.08. The minimum Gasteiger partial charge on any atom is -0.273 e. The fourth-order valence-electron chi connectivity index (χ4n) is 3.01. The van der Waals surface area contributed by atoms with Crippen LogP contribution in [-0.4, -0.2) is 19.7 Å². The number of nitrogens with zero attached hydrogens (tertiary/aromatic N) is 6. The Balaban J connectivity index is 1.89. The van der Waals surface area contributed by atoms with Crippen molar-refractivity contribution in [2.24, 2.45) is 4.99 Å². The molecule has 0 amide bonds. The summed E-state index contributed by atoms with van der Waals surface area (Å²) in [5.74, 6) is -5.99. The molecular weight excluding hydrogens is 446 g/mol. The Morgan fingerprint density at radius 1 is 1.09 bits per heavy atom. The predicted molar refractivity (Wildman–Crippen MR) is 109 cm³/mol. The van der Waals surface area contributed by atoms with Gasteiger partial charge in [-0.3, -0.25) is 5.32 Å². The standard InChI is InChI=1S/C20H13F4N7S/c1-9-3-15-16(32-10(2)27-15)6-14(9)28-20-29-19(26-8-25)18(24)30-31(20)7-11-4-12(21)17(23)13(22)5-11/h3-6H,7H2,1-2H3,(H,26,28,29). The number of nitrogens with one attached hydrogen (secondary N) is 1. The maximum Gasteiger partial charge on any atom is 0.274 e. The van der Waals surface area contributed by atoms with Gasteiger partial charge in [-0.2, -0.15) is 14.6 Å². The molecule has 32 heavy (non-hydrogen) atoms. The van der Waals surface area contributed by atoms with Crippen molar-refractivity contribution in [2.75, 3.05) is 5.32 Å². The predicted octanol–water partition coefficient (Wildman–Crippen LogP) is 4.23. The molecule has 0 aliphatic carbocycles. The highest BCUT2D eigenvalue weighted by molar-refractivity contribution is 7.18. The van der Waals surface area contributed by atoms with Crippen LogP contribution in [0.2, 0.25) is 0 Å². The van der Waals surface area contributed by atoms with Gasteiger partial charge in [0.1, 0.15) is 0 Å². The topological polar surface area (TPSA) is 91.8 Å². The van der Waals surface area contributed by atoms with E-state index in [1.807, 2.05) is 13.0 Å². The van der Waals surface area contributed by atoms with E-state index in [1.54, 1.807) is 19.2 Å². The van der Waals surface area contributed by atoms with Crippen LogP contribution in [0.15, 0.2) is 29.3 Å². The van der Waals surface area contributed by atoms with Gasteiger partial charge in [0.25, 0.3) is 5.95 Å². The number of rotatable bonds is 4. The lowest BCUT2D eigenvalue weighted by Gasteiger charge is -2.09. The first-order chi connectivity index (χ1) is 15.2. The molecule has 2 heterocycles. The summed E-state index contributed by atoms with van der Waals surface area (Å²) in [7, 11) is 0. The van der Waals surface area contributed by atoms with Gasteiger partial charge in [-0.15, -0.1) is 16.4 Å². The minimum absolute atomic E-state index is 0.0252. The van der Waals surface area contributed by atoms with Crippen molar-refractivity contribution in [3.05, 3.63) is 69.4 Å². The monoisotopic (exact) mass is 459 g/mol. The number of fused-ring (bicyclic) bond motifs is 1. The number of aryl methyl sites for hydroxylation is 2. The summed E-state index contributed by atoms with van der Waals surface area (Å²) in [6.07, 6.45) is 1.55. The molecule has 0 unspecified atom stereocenters. The van der Waals surface area contributed by atoms with Crippen LogP contribution in [0.25, 0.3) is 10.2 Å². The molecule has 0 aliphatic rings. The van der Waals surface area contributed by atoms with Crippen molar-refractivity contribution < 1.29 is 17.6 Å². The molecule has 4 rings (SSSR count). The van der Waals surface area contributed by atoms with E-state index in [-0.39, 0.29) is 17.7 Å². The maximum absolute atomic E-state index is 14.3. The summed E-state index contributed by atoms with van der Waals surface area (Å²) in [6, 6.07) is 5.15. The zero-order valence-electron chi connectivity index (χ0n) is 16.6. The lowest BCUT2D eigenvalue weighted by molar-refractivity contribution is 0.441. The number of aromatic nitrogens is 4. The first-order valence-corrected chi connectivity index (χ1v) is 9.92. The molecule has 7 nitrogen and oxygen atoms in total. The number of anilines is 1. The first-order valence-electron chi connectivity index (χ1n) is 9.11. The molecule has 12 heteroatoms. The molecule has 0 saturated carbocycles. The van der Waals surface area contributed by atoms with Crippen molar-refractivity contribution in [3.63, 3.8) is 0 Å². The van der Waals surface area contributed by atoms with Crippen LogP contribution in [-0.2, 0) is 6.54 Å². The van der Waals surface area contributed by atoms with Gasteiger partial charge in [0.05, 0.1) is 27.5 Å². The fraction of sp³-hybridized carbons (Fsp3) is 0.150.